The van der Waals surface area contributed by atoms with Gasteiger partial charge < -0.3 is 5.32 Å². The van der Waals surface area contributed by atoms with Crippen LogP contribution >= 0.6 is 0 Å². The van der Waals surface area contributed by atoms with Gasteiger partial charge in [-0.3, -0.25) is 0 Å². The van der Waals surface area contributed by atoms with E-state index in [2.05, 4.69) is 17.4 Å². The van der Waals surface area contributed by atoms with Crippen molar-refractivity contribution in [3.05, 3.63) is 65.2 Å². The molecule has 0 aromatic heterocycles. The van der Waals surface area contributed by atoms with Crippen LogP contribution in [0.3, 0.4) is 0 Å². The van der Waals surface area contributed by atoms with Crippen LogP contribution in [0.1, 0.15) is 22.6 Å². The molecule has 1 N–H and O–H groups in total. The fourth-order valence-electron chi connectivity index (χ4n) is 2.59. The normalized spacial score (nSPS) is 17.2. The largest absolute Gasteiger partial charge is 0.416 e. The van der Waals surface area contributed by atoms with E-state index in [0.717, 1.165) is 18.6 Å². The highest BCUT2D eigenvalue weighted by atomic mass is 19.4. The lowest BCUT2D eigenvalue weighted by molar-refractivity contribution is -0.137. The standard InChI is InChI=1S/C16H14F3N/c17-16(18,19)13-5-3-6-14(9-13)20-10-12-8-11-4-1-2-7-15(11)12/h1-7,9,12,20H,8,10H2. The van der Waals surface area contributed by atoms with E-state index >= 15 is 0 Å². The van der Waals surface area contributed by atoms with Crippen molar-refractivity contribution in [3.63, 3.8) is 0 Å². The SMILES string of the molecule is FC(F)(F)c1cccc(NCC2Cc3ccccc32)c1. The first-order chi connectivity index (χ1) is 9.54. The van der Waals surface area contributed by atoms with Crippen LogP contribution in [0.15, 0.2) is 48.5 Å². The summed E-state index contributed by atoms with van der Waals surface area (Å²) in [4.78, 5) is 0. The lowest BCUT2D eigenvalue weighted by atomic mass is 9.77. The fraction of sp³-hybridized carbons (Fsp3) is 0.250. The quantitative estimate of drug-likeness (QED) is 0.873. The van der Waals surface area contributed by atoms with E-state index in [1.165, 1.54) is 17.2 Å². The Morgan fingerprint density at radius 3 is 2.60 bits per heavy atom. The molecule has 0 amide bonds. The topological polar surface area (TPSA) is 12.0 Å². The minimum Gasteiger partial charge on any atom is -0.384 e. The molecule has 0 saturated carbocycles. The Morgan fingerprint density at radius 2 is 1.85 bits per heavy atom. The molecule has 104 valence electrons. The van der Waals surface area contributed by atoms with Crippen LogP contribution in [-0.4, -0.2) is 6.54 Å². The number of anilines is 1. The van der Waals surface area contributed by atoms with Gasteiger partial charge in [-0.05, 0) is 35.7 Å². The summed E-state index contributed by atoms with van der Waals surface area (Å²) in [6, 6.07) is 13.5. The maximum absolute atomic E-state index is 12.6. The van der Waals surface area contributed by atoms with E-state index in [9.17, 15) is 13.2 Å². The van der Waals surface area contributed by atoms with E-state index in [1.807, 2.05) is 12.1 Å². The van der Waals surface area contributed by atoms with Crippen LogP contribution in [0, 0.1) is 0 Å². The maximum atomic E-state index is 12.6. The Kier molecular flexibility index (Phi) is 3.16. The predicted octanol–water partition coefficient (Wildman–Crippen LogP) is 4.46. The van der Waals surface area contributed by atoms with Crippen LogP contribution in [0.25, 0.3) is 0 Å². The van der Waals surface area contributed by atoms with Crippen LogP contribution in [0.2, 0.25) is 0 Å². The van der Waals surface area contributed by atoms with Gasteiger partial charge in [-0.2, -0.15) is 13.2 Å². The highest BCUT2D eigenvalue weighted by molar-refractivity contribution is 5.48. The first kappa shape index (κ1) is 13.0. The minimum absolute atomic E-state index is 0.390. The summed E-state index contributed by atoms with van der Waals surface area (Å²) in [5.41, 5.74) is 2.54. The molecule has 1 atom stereocenters. The molecule has 1 nitrogen and oxygen atoms in total. The highest BCUT2D eigenvalue weighted by Crippen LogP contribution is 2.35. The van der Waals surface area contributed by atoms with Crippen molar-refractivity contribution in [2.75, 3.05) is 11.9 Å². The number of hydrogen-bond donors (Lipinski definition) is 1. The lowest BCUT2D eigenvalue weighted by Gasteiger charge is -2.30. The summed E-state index contributed by atoms with van der Waals surface area (Å²) in [5.74, 6) is 0.390. The predicted molar refractivity (Wildman–Crippen MR) is 72.8 cm³/mol. The van der Waals surface area contributed by atoms with Crippen LogP contribution in [0.5, 0.6) is 0 Å². The van der Waals surface area contributed by atoms with E-state index in [1.54, 1.807) is 6.07 Å². The third-order valence-corrected chi connectivity index (χ3v) is 3.70. The maximum Gasteiger partial charge on any atom is 0.416 e. The molecule has 3 rings (SSSR count). The third-order valence-electron chi connectivity index (χ3n) is 3.70. The van der Waals surface area contributed by atoms with Gasteiger partial charge in [0, 0.05) is 18.2 Å². The first-order valence-electron chi connectivity index (χ1n) is 6.53. The van der Waals surface area contributed by atoms with Crippen molar-refractivity contribution in [1.29, 1.82) is 0 Å². The van der Waals surface area contributed by atoms with Crippen LogP contribution in [-0.2, 0) is 12.6 Å². The van der Waals surface area contributed by atoms with Crippen LogP contribution < -0.4 is 5.32 Å². The minimum atomic E-state index is -4.29. The van der Waals surface area contributed by atoms with Crippen molar-refractivity contribution >= 4 is 5.69 Å². The molecule has 0 spiro atoms. The summed E-state index contributed by atoms with van der Waals surface area (Å²) in [6.07, 6.45) is -3.30. The molecule has 2 aromatic carbocycles. The lowest BCUT2D eigenvalue weighted by Crippen LogP contribution is -2.24. The van der Waals surface area contributed by atoms with Crippen LogP contribution in [0.4, 0.5) is 18.9 Å². The Morgan fingerprint density at radius 1 is 1.05 bits per heavy atom. The number of nitrogens with one attached hydrogen (secondary N) is 1. The Bertz CT molecular complexity index is 619. The zero-order chi connectivity index (χ0) is 14.2. The number of benzene rings is 2. The zero-order valence-corrected chi connectivity index (χ0v) is 10.7. The number of rotatable bonds is 3. The van der Waals surface area contributed by atoms with Crippen molar-refractivity contribution in [3.8, 4) is 0 Å². The molecule has 20 heavy (non-hydrogen) atoms. The molecular weight excluding hydrogens is 263 g/mol. The zero-order valence-electron chi connectivity index (χ0n) is 10.7. The van der Waals surface area contributed by atoms with Gasteiger partial charge in [0.25, 0.3) is 0 Å². The van der Waals surface area contributed by atoms with Gasteiger partial charge in [-0.25, -0.2) is 0 Å². The second kappa shape index (κ2) is 4.85. The van der Waals surface area contributed by atoms with Gasteiger partial charge in [-0.15, -0.1) is 0 Å². The van der Waals surface area contributed by atoms with Gasteiger partial charge in [0.2, 0.25) is 0 Å². The molecule has 0 radical (unpaired) electrons. The highest BCUT2D eigenvalue weighted by Gasteiger charge is 2.30. The molecule has 1 aliphatic carbocycles. The number of alkyl halides is 3. The van der Waals surface area contributed by atoms with Crippen molar-refractivity contribution < 1.29 is 13.2 Å². The van der Waals surface area contributed by atoms with E-state index in [4.69, 9.17) is 0 Å². The molecule has 1 aliphatic rings. The Labute approximate surface area is 115 Å². The number of halogens is 3. The number of fused-ring (bicyclic) bond motifs is 1. The van der Waals surface area contributed by atoms with E-state index in [-0.39, 0.29) is 0 Å². The molecule has 0 fully saturated rings. The average molecular weight is 277 g/mol. The summed E-state index contributed by atoms with van der Waals surface area (Å²) in [7, 11) is 0. The van der Waals surface area contributed by atoms with E-state index < -0.39 is 11.7 Å². The Hall–Kier alpha value is -1.97. The molecule has 0 aliphatic heterocycles. The average Bonchev–Trinajstić information content (AvgIpc) is 2.39. The van der Waals surface area contributed by atoms with Gasteiger partial charge in [0.15, 0.2) is 0 Å². The second-order valence-electron chi connectivity index (χ2n) is 5.06. The first-order valence-corrected chi connectivity index (χ1v) is 6.53. The van der Waals surface area contributed by atoms with Crippen molar-refractivity contribution in [2.45, 2.75) is 18.5 Å². The van der Waals surface area contributed by atoms with Gasteiger partial charge in [0.05, 0.1) is 5.56 Å². The second-order valence-corrected chi connectivity index (χ2v) is 5.06. The van der Waals surface area contributed by atoms with Gasteiger partial charge in [-0.1, -0.05) is 30.3 Å². The molecule has 4 heteroatoms. The monoisotopic (exact) mass is 277 g/mol. The van der Waals surface area contributed by atoms with Gasteiger partial charge >= 0.3 is 6.18 Å². The molecule has 2 aromatic rings. The summed E-state index contributed by atoms with van der Waals surface area (Å²) < 4.78 is 37.8. The smallest absolute Gasteiger partial charge is 0.384 e. The molecule has 1 unspecified atom stereocenters. The fourth-order valence-corrected chi connectivity index (χ4v) is 2.59. The summed E-state index contributed by atoms with van der Waals surface area (Å²) in [5, 5.41) is 3.10. The Balaban J connectivity index is 1.66. The molecule has 0 bridgehead atoms. The molecule has 0 heterocycles. The van der Waals surface area contributed by atoms with Crippen molar-refractivity contribution in [2.24, 2.45) is 0 Å². The number of hydrogen-bond acceptors (Lipinski definition) is 1. The van der Waals surface area contributed by atoms with E-state index in [0.29, 0.717) is 18.2 Å². The molecular formula is C16H14F3N. The van der Waals surface area contributed by atoms with Gasteiger partial charge in [0.1, 0.15) is 0 Å². The van der Waals surface area contributed by atoms with Crippen molar-refractivity contribution in [1.82, 2.24) is 0 Å². The molecule has 0 saturated heterocycles. The summed E-state index contributed by atoms with van der Waals surface area (Å²) >= 11 is 0. The summed E-state index contributed by atoms with van der Waals surface area (Å²) in [6.45, 7) is 0.665. The third kappa shape index (κ3) is 2.50.